The summed E-state index contributed by atoms with van der Waals surface area (Å²) in [6, 6.07) is 17.4. The number of hydrogen-bond donors (Lipinski definition) is 1. The van der Waals surface area contributed by atoms with Gasteiger partial charge in [-0.3, -0.25) is 0 Å². The fourth-order valence-electron chi connectivity index (χ4n) is 2.82. The van der Waals surface area contributed by atoms with E-state index >= 15 is 0 Å². The molecule has 0 bridgehead atoms. The van der Waals surface area contributed by atoms with Gasteiger partial charge in [-0.2, -0.15) is 0 Å². The fourth-order valence-corrected chi connectivity index (χ4v) is 4.06. The van der Waals surface area contributed by atoms with Gasteiger partial charge in [-0.25, -0.2) is 22.9 Å². The van der Waals surface area contributed by atoms with Crippen molar-refractivity contribution in [2.24, 2.45) is 0 Å². The molecule has 30 heavy (non-hydrogen) atoms. The van der Waals surface area contributed by atoms with Gasteiger partial charge in [0.15, 0.2) is 0 Å². The second-order valence-electron chi connectivity index (χ2n) is 6.57. The minimum Gasteiger partial charge on any atom is -0.473 e. The first-order valence-electron chi connectivity index (χ1n) is 9.19. The van der Waals surface area contributed by atoms with Gasteiger partial charge in [-0.05, 0) is 47.9 Å². The number of rotatable bonds is 8. The molecule has 0 saturated carbocycles. The Bertz CT molecular complexity index is 1130. The van der Waals surface area contributed by atoms with Crippen molar-refractivity contribution in [2.75, 3.05) is 7.11 Å². The van der Waals surface area contributed by atoms with Gasteiger partial charge >= 0.3 is 5.97 Å². The highest BCUT2D eigenvalue weighted by molar-refractivity contribution is 7.89. The van der Waals surface area contributed by atoms with Gasteiger partial charge in [0.05, 0.1) is 17.6 Å². The fraction of sp³-hybridized carbons (Fsp3) is 0.182. The Labute approximate surface area is 175 Å². The number of pyridine rings is 1. The highest BCUT2D eigenvalue weighted by Gasteiger charge is 2.18. The second kappa shape index (κ2) is 9.51. The minimum absolute atomic E-state index is 0.0742. The normalized spacial score (nSPS) is 11.1. The summed E-state index contributed by atoms with van der Waals surface area (Å²) in [4.78, 5) is 15.9. The second-order valence-corrected chi connectivity index (χ2v) is 8.31. The van der Waals surface area contributed by atoms with Gasteiger partial charge in [0.25, 0.3) is 0 Å². The van der Waals surface area contributed by atoms with Gasteiger partial charge in [0.1, 0.15) is 6.61 Å². The van der Waals surface area contributed by atoms with E-state index in [0.29, 0.717) is 29.2 Å². The Morgan fingerprint density at radius 3 is 2.50 bits per heavy atom. The zero-order chi connectivity index (χ0) is 21.6. The molecule has 0 aliphatic rings. The maximum absolute atomic E-state index is 12.7. The SMILES string of the molecule is COC(=O)c1ccc(S(=O)(=O)NCc2ccnc(OCc3ccccc3)c2)c(C)c1. The summed E-state index contributed by atoms with van der Waals surface area (Å²) in [6.45, 7) is 2.07. The predicted molar refractivity (Wildman–Crippen MR) is 112 cm³/mol. The van der Waals surface area contributed by atoms with E-state index in [9.17, 15) is 13.2 Å². The van der Waals surface area contributed by atoms with Crippen LogP contribution in [0.3, 0.4) is 0 Å². The number of nitrogens with one attached hydrogen (secondary N) is 1. The number of hydrogen-bond acceptors (Lipinski definition) is 6. The van der Waals surface area contributed by atoms with Crippen molar-refractivity contribution in [3.63, 3.8) is 0 Å². The molecule has 8 heteroatoms. The third-order valence-corrected chi connectivity index (χ3v) is 5.94. The van der Waals surface area contributed by atoms with Crippen LogP contribution in [-0.2, 0) is 27.9 Å². The lowest BCUT2D eigenvalue weighted by Gasteiger charge is -2.11. The lowest BCUT2D eigenvalue weighted by atomic mass is 10.1. The number of aryl methyl sites for hydroxylation is 1. The molecule has 0 spiro atoms. The first kappa shape index (κ1) is 21.5. The molecule has 3 aromatic rings. The quantitative estimate of drug-likeness (QED) is 0.556. The highest BCUT2D eigenvalue weighted by atomic mass is 32.2. The summed E-state index contributed by atoms with van der Waals surface area (Å²) in [7, 11) is -2.50. The van der Waals surface area contributed by atoms with Crippen molar-refractivity contribution in [1.82, 2.24) is 9.71 Å². The molecular weight excluding hydrogens is 404 g/mol. The Morgan fingerprint density at radius 2 is 1.80 bits per heavy atom. The smallest absolute Gasteiger partial charge is 0.337 e. The summed E-state index contributed by atoms with van der Waals surface area (Å²) in [5, 5.41) is 0. The number of nitrogens with zero attached hydrogens (tertiary/aromatic N) is 1. The van der Waals surface area contributed by atoms with Gasteiger partial charge in [0.2, 0.25) is 15.9 Å². The first-order chi connectivity index (χ1) is 14.4. The van der Waals surface area contributed by atoms with Crippen molar-refractivity contribution in [3.05, 3.63) is 89.1 Å². The van der Waals surface area contributed by atoms with Crippen LogP contribution in [0.1, 0.15) is 27.0 Å². The molecule has 156 valence electrons. The number of esters is 1. The number of benzene rings is 2. The summed E-state index contributed by atoms with van der Waals surface area (Å²) < 4.78 is 38.3. The average molecular weight is 426 g/mol. The van der Waals surface area contributed by atoms with E-state index < -0.39 is 16.0 Å². The Balaban J connectivity index is 1.66. The van der Waals surface area contributed by atoms with Crippen LogP contribution < -0.4 is 9.46 Å². The van der Waals surface area contributed by atoms with Crippen molar-refractivity contribution in [3.8, 4) is 5.88 Å². The van der Waals surface area contributed by atoms with Gasteiger partial charge in [-0.15, -0.1) is 0 Å². The molecule has 2 aromatic carbocycles. The lowest BCUT2D eigenvalue weighted by molar-refractivity contribution is 0.0600. The van der Waals surface area contributed by atoms with Crippen LogP contribution in [0.25, 0.3) is 0 Å². The number of aromatic nitrogens is 1. The third kappa shape index (κ3) is 5.43. The zero-order valence-electron chi connectivity index (χ0n) is 16.7. The summed E-state index contributed by atoms with van der Waals surface area (Å²) >= 11 is 0. The molecule has 0 aliphatic carbocycles. The molecule has 3 rings (SSSR count). The molecule has 7 nitrogen and oxygen atoms in total. The van der Waals surface area contributed by atoms with E-state index in [1.807, 2.05) is 30.3 Å². The third-order valence-electron chi connectivity index (χ3n) is 4.38. The average Bonchev–Trinajstić information content (AvgIpc) is 2.76. The largest absolute Gasteiger partial charge is 0.473 e. The van der Waals surface area contributed by atoms with E-state index in [1.54, 1.807) is 25.3 Å². The molecule has 0 unspecified atom stereocenters. The monoisotopic (exact) mass is 426 g/mol. The summed E-state index contributed by atoms with van der Waals surface area (Å²) in [5.74, 6) is -0.107. The van der Waals surface area contributed by atoms with Crippen molar-refractivity contribution in [1.29, 1.82) is 0 Å². The molecule has 0 aliphatic heterocycles. The first-order valence-corrected chi connectivity index (χ1v) is 10.7. The van der Waals surface area contributed by atoms with Crippen molar-refractivity contribution >= 4 is 16.0 Å². The van der Waals surface area contributed by atoms with Crippen LogP contribution in [0.15, 0.2) is 71.8 Å². The minimum atomic E-state index is -3.77. The lowest BCUT2D eigenvalue weighted by Crippen LogP contribution is -2.24. The molecule has 0 amide bonds. The Morgan fingerprint density at radius 1 is 1.03 bits per heavy atom. The van der Waals surface area contributed by atoms with E-state index in [2.05, 4.69) is 14.4 Å². The molecule has 0 atom stereocenters. The standard InChI is InChI=1S/C22H22N2O5S/c1-16-12-19(22(25)28-2)8-9-20(16)30(26,27)24-14-18-10-11-23-21(13-18)29-15-17-6-4-3-5-7-17/h3-13,24H,14-15H2,1-2H3. The number of methoxy groups -OCH3 is 1. The van der Waals surface area contributed by atoms with Crippen molar-refractivity contribution < 1.29 is 22.7 Å². The molecule has 0 radical (unpaired) electrons. The number of sulfonamides is 1. The van der Waals surface area contributed by atoms with E-state index in [0.717, 1.165) is 5.56 Å². The van der Waals surface area contributed by atoms with Crippen LogP contribution in [0.5, 0.6) is 5.88 Å². The molecule has 1 aromatic heterocycles. The molecule has 0 saturated heterocycles. The van der Waals surface area contributed by atoms with E-state index in [1.165, 1.54) is 25.3 Å². The zero-order valence-corrected chi connectivity index (χ0v) is 17.5. The van der Waals surface area contributed by atoms with E-state index in [4.69, 9.17) is 4.74 Å². The van der Waals surface area contributed by atoms with Gasteiger partial charge in [-0.1, -0.05) is 30.3 Å². The van der Waals surface area contributed by atoms with Crippen LogP contribution in [-0.4, -0.2) is 26.5 Å². The molecule has 0 fully saturated rings. The number of carbonyl (C=O) groups excluding carboxylic acids is 1. The van der Waals surface area contributed by atoms with Crippen LogP contribution in [0, 0.1) is 6.92 Å². The van der Waals surface area contributed by atoms with E-state index in [-0.39, 0.29) is 11.4 Å². The number of carbonyl (C=O) groups is 1. The van der Waals surface area contributed by atoms with Crippen LogP contribution >= 0.6 is 0 Å². The van der Waals surface area contributed by atoms with Crippen molar-refractivity contribution in [2.45, 2.75) is 25.0 Å². The van der Waals surface area contributed by atoms with Crippen LogP contribution in [0.2, 0.25) is 0 Å². The topological polar surface area (TPSA) is 94.6 Å². The maximum Gasteiger partial charge on any atom is 0.337 e. The summed E-state index contributed by atoms with van der Waals surface area (Å²) in [5.41, 5.74) is 2.46. The molecule has 1 N–H and O–H groups in total. The Kier molecular flexibility index (Phi) is 6.81. The van der Waals surface area contributed by atoms with Crippen LogP contribution in [0.4, 0.5) is 0 Å². The van der Waals surface area contributed by atoms with Gasteiger partial charge < -0.3 is 9.47 Å². The maximum atomic E-state index is 12.7. The Hall–Kier alpha value is -3.23. The number of ether oxygens (including phenoxy) is 2. The molecule has 1 heterocycles. The predicted octanol–water partition coefficient (Wildman–Crippen LogP) is 3.23. The highest BCUT2D eigenvalue weighted by Crippen LogP contribution is 2.18. The summed E-state index contributed by atoms with van der Waals surface area (Å²) in [6.07, 6.45) is 1.57. The van der Waals surface area contributed by atoms with Gasteiger partial charge in [0, 0.05) is 18.8 Å². The molecular formula is C22H22N2O5S.